The summed E-state index contributed by atoms with van der Waals surface area (Å²) in [5.41, 5.74) is 5.16. The maximum Gasteiger partial charge on any atom is 0.253 e. The number of benzene rings is 2. The van der Waals surface area contributed by atoms with Crippen LogP contribution < -0.4 is 0 Å². The average molecular weight is 375 g/mol. The van der Waals surface area contributed by atoms with Crippen molar-refractivity contribution in [2.75, 3.05) is 20.1 Å². The highest BCUT2D eigenvalue weighted by Gasteiger charge is 2.33. The highest BCUT2D eigenvalue weighted by Crippen LogP contribution is 2.28. The first-order chi connectivity index (χ1) is 13.7. The summed E-state index contributed by atoms with van der Waals surface area (Å²) in [6, 6.07) is 15.1. The van der Waals surface area contributed by atoms with Gasteiger partial charge in [0, 0.05) is 31.2 Å². The molecule has 1 amide bonds. The zero-order valence-electron chi connectivity index (χ0n) is 16.1. The smallest absolute Gasteiger partial charge is 0.253 e. The van der Waals surface area contributed by atoms with Gasteiger partial charge in [0.2, 0.25) is 0 Å². The average Bonchev–Trinajstić information content (AvgIpc) is 3.39. The maximum atomic E-state index is 13.1. The number of rotatable bonds is 3. The minimum absolute atomic E-state index is 0.0615. The quantitative estimate of drug-likeness (QED) is 0.764. The second kappa shape index (κ2) is 7.02. The Labute approximate surface area is 164 Å². The fraction of sp³-hybridized carbons (Fsp3) is 0.409. The number of likely N-dealkylation sites (tertiary alicyclic amines) is 1. The molecule has 6 heteroatoms. The summed E-state index contributed by atoms with van der Waals surface area (Å²) >= 11 is 0. The first-order valence-electron chi connectivity index (χ1n) is 10.1. The van der Waals surface area contributed by atoms with Crippen molar-refractivity contribution in [2.45, 2.75) is 37.8 Å². The number of hydrogen-bond acceptors (Lipinski definition) is 4. The second-order valence-corrected chi connectivity index (χ2v) is 8.06. The molecule has 1 N–H and O–H groups in total. The molecular weight excluding hydrogens is 350 g/mol. The van der Waals surface area contributed by atoms with E-state index in [4.69, 9.17) is 0 Å². The lowest BCUT2D eigenvalue weighted by Crippen LogP contribution is -2.51. The SMILES string of the molecule is CN(C(=O)c1ccc2n[nH]nc2c1)[C@H]1CCCN(C2Cc3ccccc3C2)C1. The summed E-state index contributed by atoms with van der Waals surface area (Å²) in [6.07, 6.45) is 4.45. The number of fused-ring (bicyclic) bond motifs is 2. The molecule has 1 saturated heterocycles. The Balaban J connectivity index is 1.28. The van der Waals surface area contributed by atoms with Crippen molar-refractivity contribution in [2.24, 2.45) is 0 Å². The van der Waals surface area contributed by atoms with Crippen molar-refractivity contribution < 1.29 is 4.79 Å². The Morgan fingerprint density at radius 1 is 1.11 bits per heavy atom. The molecule has 0 bridgehead atoms. The van der Waals surface area contributed by atoms with Gasteiger partial charge in [0.05, 0.1) is 0 Å². The van der Waals surface area contributed by atoms with Crippen LogP contribution in [0.4, 0.5) is 0 Å². The fourth-order valence-corrected chi connectivity index (χ4v) is 4.77. The number of nitrogens with zero attached hydrogens (tertiary/aromatic N) is 4. The molecule has 2 heterocycles. The Morgan fingerprint density at radius 3 is 2.64 bits per heavy atom. The van der Waals surface area contributed by atoms with Crippen LogP contribution in [0.15, 0.2) is 42.5 Å². The minimum atomic E-state index is 0.0615. The molecule has 144 valence electrons. The van der Waals surface area contributed by atoms with Crippen LogP contribution >= 0.6 is 0 Å². The predicted molar refractivity (Wildman–Crippen MR) is 108 cm³/mol. The van der Waals surface area contributed by atoms with Crippen LogP contribution in [0.2, 0.25) is 0 Å². The number of piperidine rings is 1. The van der Waals surface area contributed by atoms with E-state index in [0.717, 1.165) is 49.8 Å². The number of carbonyl (C=O) groups excluding carboxylic acids is 1. The van der Waals surface area contributed by atoms with Crippen LogP contribution in [0.3, 0.4) is 0 Å². The Kier molecular flexibility index (Phi) is 4.36. The molecule has 5 rings (SSSR count). The van der Waals surface area contributed by atoms with E-state index in [0.29, 0.717) is 11.6 Å². The number of amides is 1. The van der Waals surface area contributed by atoms with Gasteiger partial charge in [0.15, 0.2) is 0 Å². The third-order valence-corrected chi connectivity index (χ3v) is 6.41. The van der Waals surface area contributed by atoms with E-state index in [-0.39, 0.29) is 11.9 Å². The number of likely N-dealkylation sites (N-methyl/N-ethyl adjacent to an activating group) is 1. The summed E-state index contributed by atoms with van der Waals surface area (Å²) in [6.45, 7) is 2.08. The van der Waals surface area contributed by atoms with E-state index in [1.54, 1.807) is 0 Å². The third-order valence-electron chi connectivity index (χ3n) is 6.41. The molecule has 1 aromatic heterocycles. The number of aromatic amines is 1. The molecule has 2 aromatic carbocycles. The summed E-state index contributed by atoms with van der Waals surface area (Å²) < 4.78 is 0. The molecule has 1 atom stereocenters. The first-order valence-corrected chi connectivity index (χ1v) is 10.1. The lowest BCUT2D eigenvalue weighted by molar-refractivity contribution is 0.0555. The van der Waals surface area contributed by atoms with Gasteiger partial charge in [-0.3, -0.25) is 9.69 Å². The zero-order chi connectivity index (χ0) is 19.1. The Morgan fingerprint density at radius 2 is 1.86 bits per heavy atom. The van der Waals surface area contributed by atoms with Gasteiger partial charge in [-0.15, -0.1) is 0 Å². The molecule has 6 nitrogen and oxygen atoms in total. The van der Waals surface area contributed by atoms with E-state index in [1.807, 2.05) is 30.1 Å². The van der Waals surface area contributed by atoms with Gasteiger partial charge in [-0.05, 0) is 61.6 Å². The molecule has 28 heavy (non-hydrogen) atoms. The standard InChI is InChI=1S/C22H25N5O/c1-26(22(28)17-8-9-20-21(13-17)24-25-23-20)18-7-4-10-27(14-18)19-11-15-5-2-3-6-16(15)12-19/h2-3,5-6,8-9,13,18-19H,4,7,10-12,14H2,1H3,(H,23,24,25)/t18-/m0/s1. The van der Waals surface area contributed by atoms with E-state index in [1.165, 1.54) is 11.1 Å². The zero-order valence-corrected chi connectivity index (χ0v) is 16.1. The normalized spacial score (nSPS) is 20.4. The van der Waals surface area contributed by atoms with Gasteiger partial charge in [0.25, 0.3) is 5.91 Å². The summed E-state index contributed by atoms with van der Waals surface area (Å²) in [7, 11) is 1.94. The minimum Gasteiger partial charge on any atom is -0.337 e. The van der Waals surface area contributed by atoms with Gasteiger partial charge >= 0.3 is 0 Å². The van der Waals surface area contributed by atoms with Crippen molar-refractivity contribution in [3.05, 3.63) is 59.2 Å². The van der Waals surface area contributed by atoms with Gasteiger partial charge in [-0.1, -0.05) is 24.3 Å². The van der Waals surface area contributed by atoms with Crippen molar-refractivity contribution >= 4 is 16.9 Å². The second-order valence-electron chi connectivity index (χ2n) is 8.06. The molecule has 0 unspecified atom stereocenters. The van der Waals surface area contributed by atoms with Crippen molar-refractivity contribution in [3.8, 4) is 0 Å². The van der Waals surface area contributed by atoms with Crippen LogP contribution in [0.5, 0.6) is 0 Å². The van der Waals surface area contributed by atoms with E-state index in [9.17, 15) is 4.79 Å². The molecule has 3 aromatic rings. The van der Waals surface area contributed by atoms with Crippen LogP contribution in [-0.2, 0) is 12.8 Å². The molecule has 0 saturated carbocycles. The van der Waals surface area contributed by atoms with Crippen LogP contribution in [0, 0.1) is 0 Å². The van der Waals surface area contributed by atoms with Gasteiger partial charge in [-0.2, -0.15) is 15.4 Å². The number of hydrogen-bond donors (Lipinski definition) is 1. The topological polar surface area (TPSA) is 65.1 Å². The predicted octanol–water partition coefficient (Wildman–Crippen LogP) is 2.66. The highest BCUT2D eigenvalue weighted by atomic mass is 16.2. The summed E-state index contributed by atoms with van der Waals surface area (Å²) in [4.78, 5) is 17.6. The first kappa shape index (κ1) is 17.4. The van der Waals surface area contributed by atoms with E-state index in [2.05, 4.69) is 44.6 Å². The number of nitrogens with one attached hydrogen (secondary N) is 1. The van der Waals surface area contributed by atoms with Gasteiger partial charge in [-0.25, -0.2) is 0 Å². The molecule has 2 aliphatic rings. The van der Waals surface area contributed by atoms with Gasteiger partial charge < -0.3 is 4.90 Å². The summed E-state index contributed by atoms with van der Waals surface area (Å²) in [5.74, 6) is 0.0615. The van der Waals surface area contributed by atoms with Crippen LogP contribution in [0.25, 0.3) is 11.0 Å². The lowest BCUT2D eigenvalue weighted by atomic mass is 10.0. The van der Waals surface area contributed by atoms with Crippen LogP contribution in [0.1, 0.15) is 34.3 Å². The largest absolute Gasteiger partial charge is 0.337 e. The lowest BCUT2D eigenvalue weighted by Gasteiger charge is -2.40. The van der Waals surface area contributed by atoms with Crippen molar-refractivity contribution in [3.63, 3.8) is 0 Å². The fourth-order valence-electron chi connectivity index (χ4n) is 4.77. The number of aromatic nitrogens is 3. The third kappa shape index (κ3) is 3.07. The molecule has 1 aliphatic heterocycles. The van der Waals surface area contributed by atoms with Crippen molar-refractivity contribution in [1.29, 1.82) is 0 Å². The highest BCUT2D eigenvalue weighted by molar-refractivity contribution is 5.97. The van der Waals surface area contributed by atoms with Gasteiger partial charge in [0.1, 0.15) is 11.0 Å². The summed E-state index contributed by atoms with van der Waals surface area (Å²) in [5, 5.41) is 10.8. The molecular formula is C22H25N5O. The molecule has 1 fully saturated rings. The monoisotopic (exact) mass is 375 g/mol. The Bertz CT molecular complexity index is 988. The van der Waals surface area contributed by atoms with Crippen LogP contribution in [-0.4, -0.2) is 63.3 Å². The number of H-pyrrole nitrogens is 1. The maximum absolute atomic E-state index is 13.1. The number of carbonyl (C=O) groups is 1. The van der Waals surface area contributed by atoms with Crippen molar-refractivity contribution in [1.82, 2.24) is 25.2 Å². The van der Waals surface area contributed by atoms with E-state index >= 15 is 0 Å². The molecule has 0 radical (unpaired) electrons. The molecule has 1 aliphatic carbocycles. The van der Waals surface area contributed by atoms with E-state index < -0.39 is 0 Å². The Hall–Kier alpha value is -2.73. The molecule has 0 spiro atoms.